The Morgan fingerprint density at radius 2 is 2.28 bits per heavy atom. The van der Waals surface area contributed by atoms with Crippen LogP contribution >= 0.6 is 34.4 Å². The first-order valence-electron chi connectivity index (χ1n) is 7.63. The molecule has 0 unspecified atom stereocenters. The van der Waals surface area contributed by atoms with Crippen molar-refractivity contribution in [1.82, 2.24) is 20.0 Å². The maximum Gasteiger partial charge on any atom is 0.235 e. The first kappa shape index (κ1) is 17.9. The van der Waals surface area contributed by atoms with E-state index in [2.05, 4.69) is 43.4 Å². The van der Waals surface area contributed by atoms with Gasteiger partial charge in [0.2, 0.25) is 11.0 Å². The minimum Gasteiger partial charge on any atom is -0.360 e. The second-order valence-corrected chi connectivity index (χ2v) is 8.49. The quantitative estimate of drug-likeness (QED) is 0.571. The molecule has 0 aliphatic rings. The van der Waals surface area contributed by atoms with Crippen LogP contribution in [0.3, 0.4) is 0 Å². The summed E-state index contributed by atoms with van der Waals surface area (Å²) in [4.78, 5) is 13.4. The Hall–Kier alpha value is -1.91. The highest BCUT2D eigenvalue weighted by Gasteiger charge is 2.10. The molecule has 0 radical (unpaired) electrons. The Morgan fingerprint density at radius 1 is 1.40 bits per heavy atom. The van der Waals surface area contributed by atoms with Gasteiger partial charge in [-0.3, -0.25) is 9.48 Å². The molecule has 3 heterocycles. The van der Waals surface area contributed by atoms with Crippen molar-refractivity contribution in [3.05, 3.63) is 34.2 Å². The van der Waals surface area contributed by atoms with Crippen LogP contribution in [0, 0.1) is 6.92 Å². The summed E-state index contributed by atoms with van der Waals surface area (Å²) in [6.45, 7) is 2.71. The van der Waals surface area contributed by atoms with Gasteiger partial charge in [-0.1, -0.05) is 29.2 Å². The molecule has 0 aliphatic carbocycles. The molecule has 25 heavy (non-hydrogen) atoms. The molecule has 1 amide bonds. The van der Waals surface area contributed by atoms with Gasteiger partial charge in [0, 0.05) is 24.5 Å². The third kappa shape index (κ3) is 5.28. The summed E-state index contributed by atoms with van der Waals surface area (Å²) < 4.78 is 2.42. The van der Waals surface area contributed by atoms with Gasteiger partial charge in [0.15, 0.2) is 4.34 Å². The smallest absolute Gasteiger partial charge is 0.235 e. The van der Waals surface area contributed by atoms with E-state index in [9.17, 15) is 4.79 Å². The van der Waals surface area contributed by atoms with Crippen LogP contribution in [-0.4, -0.2) is 38.2 Å². The third-order valence-corrected chi connectivity index (χ3v) is 6.18. The maximum absolute atomic E-state index is 12.0. The zero-order valence-corrected chi connectivity index (χ0v) is 16.3. The average molecular weight is 395 g/mol. The van der Waals surface area contributed by atoms with Gasteiger partial charge < -0.3 is 10.6 Å². The molecule has 2 N–H and O–H groups in total. The molecule has 0 bridgehead atoms. The van der Waals surface area contributed by atoms with Crippen LogP contribution in [-0.2, 0) is 18.3 Å². The molecule has 3 aromatic rings. The van der Waals surface area contributed by atoms with E-state index in [1.165, 1.54) is 28.0 Å². The fourth-order valence-electron chi connectivity index (χ4n) is 2.12. The Morgan fingerprint density at radius 3 is 3.00 bits per heavy atom. The number of carbonyl (C=O) groups excluding carboxylic acids is 1. The molecule has 0 aromatic carbocycles. The molecular weight excluding hydrogens is 376 g/mol. The molecule has 0 atom stereocenters. The zero-order chi connectivity index (χ0) is 17.6. The lowest BCUT2D eigenvalue weighted by atomic mass is 10.3. The van der Waals surface area contributed by atoms with Crippen LogP contribution in [0.2, 0.25) is 0 Å². The second-order valence-electron chi connectivity index (χ2n) is 5.26. The summed E-state index contributed by atoms with van der Waals surface area (Å²) in [7, 11) is 1.80. The van der Waals surface area contributed by atoms with Crippen molar-refractivity contribution in [3.8, 4) is 0 Å². The van der Waals surface area contributed by atoms with Crippen LogP contribution in [0.4, 0.5) is 10.9 Å². The van der Waals surface area contributed by atoms with Crippen LogP contribution < -0.4 is 10.6 Å². The van der Waals surface area contributed by atoms with Crippen molar-refractivity contribution >= 4 is 51.3 Å². The topological polar surface area (TPSA) is 84.7 Å². The molecule has 0 fully saturated rings. The van der Waals surface area contributed by atoms with E-state index in [-0.39, 0.29) is 11.7 Å². The van der Waals surface area contributed by atoms with Crippen LogP contribution in [0.15, 0.2) is 27.9 Å². The van der Waals surface area contributed by atoms with Gasteiger partial charge in [0.25, 0.3) is 0 Å². The minimum atomic E-state index is -0.0876. The number of aryl methyl sites for hydroxylation is 2. The minimum absolute atomic E-state index is 0.0876. The Balaban J connectivity index is 1.41. The summed E-state index contributed by atoms with van der Waals surface area (Å²) in [6.07, 6.45) is 0.965. The van der Waals surface area contributed by atoms with Crippen molar-refractivity contribution in [2.45, 2.75) is 17.7 Å². The van der Waals surface area contributed by atoms with Crippen LogP contribution in [0.1, 0.15) is 10.6 Å². The highest BCUT2D eigenvalue weighted by molar-refractivity contribution is 8.01. The van der Waals surface area contributed by atoms with Gasteiger partial charge in [-0.2, -0.15) is 5.10 Å². The third-order valence-electron chi connectivity index (χ3n) is 3.23. The van der Waals surface area contributed by atoms with Crippen molar-refractivity contribution in [2.75, 3.05) is 22.9 Å². The average Bonchev–Trinajstić information content (AvgIpc) is 3.29. The summed E-state index contributed by atoms with van der Waals surface area (Å²) in [5, 5.41) is 21.4. The van der Waals surface area contributed by atoms with E-state index in [4.69, 9.17) is 0 Å². The first-order valence-corrected chi connectivity index (χ1v) is 10.3. The molecule has 0 spiro atoms. The van der Waals surface area contributed by atoms with Gasteiger partial charge in [0.1, 0.15) is 5.82 Å². The lowest BCUT2D eigenvalue weighted by Gasteiger charge is -2.03. The Labute approximate surface area is 157 Å². The van der Waals surface area contributed by atoms with E-state index in [1.807, 2.05) is 13.0 Å². The summed E-state index contributed by atoms with van der Waals surface area (Å²) in [5.41, 5.74) is 0.868. The van der Waals surface area contributed by atoms with E-state index < -0.39 is 0 Å². The Bertz CT molecular complexity index is 826. The molecule has 10 heteroatoms. The van der Waals surface area contributed by atoms with Gasteiger partial charge in [-0.25, -0.2) is 0 Å². The monoisotopic (exact) mass is 394 g/mol. The standard InChI is InChI=1S/C15H18N6OS3/c1-10-8-12(21(2)20-10)17-13(22)9-24-15-19-18-14(25-15)16-6-5-11-4-3-7-23-11/h3-4,7-8H,5-6,9H2,1-2H3,(H,16,18)(H,17,22). The number of thiophene rings is 1. The maximum atomic E-state index is 12.0. The van der Waals surface area contributed by atoms with E-state index in [0.717, 1.165) is 28.1 Å². The molecule has 0 saturated carbocycles. The predicted octanol–water partition coefficient (Wildman–Crippen LogP) is 3.03. The molecular formula is C15H18N6OS3. The van der Waals surface area contributed by atoms with E-state index in [0.29, 0.717) is 5.82 Å². The summed E-state index contributed by atoms with van der Waals surface area (Å²) in [5.74, 6) is 0.889. The number of anilines is 2. The second kappa shape index (κ2) is 8.45. The number of hydrogen-bond acceptors (Lipinski definition) is 8. The molecule has 3 rings (SSSR count). The van der Waals surface area contributed by atoms with Gasteiger partial charge in [-0.05, 0) is 24.8 Å². The lowest BCUT2D eigenvalue weighted by molar-refractivity contribution is -0.113. The number of nitrogens with one attached hydrogen (secondary N) is 2. The van der Waals surface area contributed by atoms with E-state index >= 15 is 0 Å². The summed E-state index contributed by atoms with van der Waals surface area (Å²) >= 11 is 4.59. The van der Waals surface area contributed by atoms with Crippen molar-refractivity contribution in [2.24, 2.45) is 7.05 Å². The SMILES string of the molecule is Cc1cc(NC(=O)CSc2nnc(NCCc3cccs3)s2)n(C)n1. The fraction of sp³-hybridized carbons (Fsp3) is 0.333. The number of carbonyl (C=O) groups is 1. The molecule has 7 nitrogen and oxygen atoms in total. The van der Waals surface area contributed by atoms with Gasteiger partial charge >= 0.3 is 0 Å². The largest absolute Gasteiger partial charge is 0.360 e. The number of hydrogen-bond donors (Lipinski definition) is 2. The lowest BCUT2D eigenvalue weighted by Crippen LogP contribution is -2.16. The highest BCUT2D eigenvalue weighted by Crippen LogP contribution is 2.25. The number of aromatic nitrogens is 4. The summed E-state index contributed by atoms with van der Waals surface area (Å²) in [6, 6.07) is 6.01. The van der Waals surface area contributed by atoms with Crippen molar-refractivity contribution < 1.29 is 4.79 Å². The molecule has 132 valence electrons. The highest BCUT2D eigenvalue weighted by atomic mass is 32.2. The number of rotatable bonds is 8. The van der Waals surface area contributed by atoms with Gasteiger partial charge in [0.05, 0.1) is 11.4 Å². The fourth-order valence-corrected chi connectivity index (χ4v) is 4.41. The molecule has 0 saturated heterocycles. The van der Waals surface area contributed by atoms with E-state index in [1.54, 1.807) is 23.1 Å². The number of thioether (sulfide) groups is 1. The van der Waals surface area contributed by atoms with Crippen molar-refractivity contribution in [3.63, 3.8) is 0 Å². The van der Waals surface area contributed by atoms with Crippen LogP contribution in [0.5, 0.6) is 0 Å². The predicted molar refractivity (Wildman–Crippen MR) is 104 cm³/mol. The van der Waals surface area contributed by atoms with Crippen LogP contribution in [0.25, 0.3) is 0 Å². The first-order chi connectivity index (χ1) is 12.1. The number of nitrogens with zero attached hydrogens (tertiary/aromatic N) is 4. The number of amides is 1. The zero-order valence-electron chi connectivity index (χ0n) is 13.9. The Kier molecular flexibility index (Phi) is 6.05. The molecule has 3 aromatic heterocycles. The molecule has 0 aliphatic heterocycles. The normalized spacial score (nSPS) is 10.8. The van der Waals surface area contributed by atoms with Crippen molar-refractivity contribution in [1.29, 1.82) is 0 Å². The van der Waals surface area contributed by atoms with Gasteiger partial charge in [-0.15, -0.1) is 21.5 Å².